The molecule has 0 saturated heterocycles. The van der Waals surface area contributed by atoms with E-state index in [9.17, 15) is 14.0 Å². The largest absolute Gasteiger partial charge is 0.362 e. The van der Waals surface area contributed by atoms with Gasteiger partial charge in [-0.15, -0.1) is 0 Å². The van der Waals surface area contributed by atoms with Crippen LogP contribution < -0.4 is 0 Å². The maximum atomic E-state index is 13.4. The van der Waals surface area contributed by atoms with Gasteiger partial charge in [0.05, 0.1) is 5.57 Å². The molecule has 2 aromatic rings. The summed E-state index contributed by atoms with van der Waals surface area (Å²) in [6.45, 7) is 7.35. The molecule has 0 aliphatic carbocycles. The molecular weight excluding hydrogens is 355 g/mol. The van der Waals surface area contributed by atoms with Gasteiger partial charge >= 0.3 is 0 Å². The topological polar surface area (TPSA) is 40.6 Å². The molecule has 1 aliphatic rings. The average Bonchev–Trinajstić information content (AvgIpc) is 2.92. The molecule has 28 heavy (non-hydrogen) atoms. The molecule has 0 saturated carbocycles. The first kappa shape index (κ1) is 19.8. The third-order valence-corrected chi connectivity index (χ3v) is 4.74. The molecule has 3 rings (SSSR count). The molecule has 146 valence electrons. The van der Waals surface area contributed by atoms with Gasteiger partial charge in [0, 0.05) is 19.6 Å². The third-order valence-electron chi connectivity index (χ3n) is 4.74. The molecule has 0 spiro atoms. The second-order valence-corrected chi connectivity index (χ2v) is 7.35. The van der Waals surface area contributed by atoms with Crippen molar-refractivity contribution in [3.63, 3.8) is 0 Å². The fourth-order valence-electron chi connectivity index (χ4n) is 3.42. The Balaban J connectivity index is 2.07. The van der Waals surface area contributed by atoms with Crippen LogP contribution in [0.1, 0.15) is 31.9 Å². The number of rotatable bonds is 7. The Morgan fingerprint density at radius 1 is 0.964 bits per heavy atom. The summed E-state index contributed by atoms with van der Waals surface area (Å²) >= 11 is 0. The highest BCUT2D eigenvalue weighted by Crippen LogP contribution is 2.33. The van der Waals surface area contributed by atoms with Crippen molar-refractivity contribution in [1.82, 2.24) is 9.80 Å². The predicted octanol–water partition coefficient (Wildman–Crippen LogP) is 4.08. The molecule has 4 nitrogen and oxygen atoms in total. The number of halogens is 1. The quantitative estimate of drug-likeness (QED) is 0.680. The lowest BCUT2D eigenvalue weighted by Crippen LogP contribution is -2.37. The Bertz CT molecular complexity index is 889. The van der Waals surface area contributed by atoms with E-state index in [0.717, 1.165) is 5.56 Å². The minimum absolute atomic E-state index is 0.158. The highest BCUT2D eigenvalue weighted by atomic mass is 19.1. The van der Waals surface area contributed by atoms with Crippen molar-refractivity contribution in [2.24, 2.45) is 5.92 Å². The van der Waals surface area contributed by atoms with Crippen molar-refractivity contribution < 1.29 is 14.0 Å². The van der Waals surface area contributed by atoms with Gasteiger partial charge in [-0.3, -0.25) is 14.5 Å². The Morgan fingerprint density at radius 3 is 2.18 bits per heavy atom. The van der Waals surface area contributed by atoms with E-state index in [-0.39, 0.29) is 23.5 Å². The van der Waals surface area contributed by atoms with Gasteiger partial charge in [-0.2, -0.15) is 0 Å². The summed E-state index contributed by atoms with van der Waals surface area (Å²) in [6, 6.07) is 15.6. The van der Waals surface area contributed by atoms with E-state index in [2.05, 4.69) is 0 Å². The number of nitrogens with zero attached hydrogens (tertiary/aromatic N) is 2. The normalized spacial score (nSPS) is 14.4. The number of likely N-dealkylation sites (N-methyl/N-ethyl adjacent to an activating group) is 1. The van der Waals surface area contributed by atoms with Gasteiger partial charge < -0.3 is 4.90 Å². The Morgan fingerprint density at radius 2 is 1.61 bits per heavy atom. The third kappa shape index (κ3) is 3.98. The summed E-state index contributed by atoms with van der Waals surface area (Å²) in [5, 5.41) is 0. The van der Waals surface area contributed by atoms with Crippen molar-refractivity contribution in [2.45, 2.75) is 27.3 Å². The number of imide groups is 1. The summed E-state index contributed by atoms with van der Waals surface area (Å²) in [6.07, 6.45) is 0. The standard InChI is InChI=1S/C23H25FN2O2/c1-4-25(15-17-8-6-5-7-9-17)21-20(18-10-12-19(24)13-11-18)22(27)26(23(21)28)14-16(2)3/h5-13,16H,4,14-15H2,1-3H3. The molecule has 2 aromatic carbocycles. The van der Waals surface area contributed by atoms with Gasteiger partial charge in [0.1, 0.15) is 11.5 Å². The lowest BCUT2D eigenvalue weighted by atomic mass is 10.0. The van der Waals surface area contributed by atoms with Gasteiger partial charge in [0.25, 0.3) is 11.8 Å². The fourth-order valence-corrected chi connectivity index (χ4v) is 3.42. The molecule has 1 heterocycles. The molecule has 0 radical (unpaired) electrons. The van der Waals surface area contributed by atoms with E-state index in [1.165, 1.54) is 17.0 Å². The maximum Gasteiger partial charge on any atom is 0.277 e. The smallest absolute Gasteiger partial charge is 0.277 e. The number of benzene rings is 2. The van der Waals surface area contributed by atoms with E-state index in [0.29, 0.717) is 36.5 Å². The van der Waals surface area contributed by atoms with E-state index < -0.39 is 0 Å². The van der Waals surface area contributed by atoms with Gasteiger partial charge in [-0.1, -0.05) is 56.3 Å². The summed E-state index contributed by atoms with van der Waals surface area (Å²) in [5.41, 5.74) is 2.36. The zero-order chi connectivity index (χ0) is 20.3. The number of hydrogen-bond donors (Lipinski definition) is 0. The second-order valence-electron chi connectivity index (χ2n) is 7.35. The van der Waals surface area contributed by atoms with Crippen LogP contribution in [0.4, 0.5) is 4.39 Å². The second kappa shape index (κ2) is 8.38. The first-order chi connectivity index (χ1) is 13.4. The first-order valence-corrected chi connectivity index (χ1v) is 9.57. The van der Waals surface area contributed by atoms with Crippen molar-refractivity contribution >= 4 is 17.4 Å². The van der Waals surface area contributed by atoms with E-state index >= 15 is 0 Å². The number of amides is 2. The maximum absolute atomic E-state index is 13.4. The summed E-state index contributed by atoms with van der Waals surface area (Å²) < 4.78 is 13.4. The molecule has 0 unspecified atom stereocenters. The Kier molecular flexibility index (Phi) is 5.93. The lowest BCUT2D eigenvalue weighted by molar-refractivity contribution is -0.138. The molecule has 0 bridgehead atoms. The van der Waals surface area contributed by atoms with Gasteiger partial charge in [-0.25, -0.2) is 4.39 Å². The van der Waals surface area contributed by atoms with Crippen molar-refractivity contribution in [3.05, 3.63) is 77.2 Å². The van der Waals surface area contributed by atoms with Crippen LogP contribution in [0.15, 0.2) is 60.3 Å². The number of carbonyl (C=O) groups excluding carboxylic acids is 2. The van der Waals surface area contributed by atoms with E-state index in [4.69, 9.17) is 0 Å². The van der Waals surface area contributed by atoms with Crippen LogP contribution in [0, 0.1) is 11.7 Å². The molecular formula is C23H25FN2O2. The SMILES string of the molecule is CCN(Cc1ccccc1)C1=C(c2ccc(F)cc2)C(=O)N(CC(C)C)C1=O. The van der Waals surface area contributed by atoms with Crippen LogP contribution in [0.25, 0.3) is 5.57 Å². The van der Waals surface area contributed by atoms with Crippen LogP contribution in [0.3, 0.4) is 0 Å². The molecule has 0 fully saturated rings. The van der Waals surface area contributed by atoms with Gasteiger partial charge in [-0.05, 0) is 36.1 Å². The Hall–Kier alpha value is -2.95. The monoisotopic (exact) mass is 380 g/mol. The molecule has 0 aromatic heterocycles. The summed E-state index contributed by atoms with van der Waals surface area (Å²) in [7, 11) is 0. The van der Waals surface area contributed by atoms with Crippen LogP contribution in [-0.4, -0.2) is 34.7 Å². The van der Waals surface area contributed by atoms with Gasteiger partial charge in [0.2, 0.25) is 0 Å². The average molecular weight is 380 g/mol. The molecule has 0 N–H and O–H groups in total. The molecule has 0 atom stereocenters. The summed E-state index contributed by atoms with van der Waals surface area (Å²) in [4.78, 5) is 29.6. The zero-order valence-electron chi connectivity index (χ0n) is 16.5. The molecule has 1 aliphatic heterocycles. The molecule has 5 heteroatoms. The first-order valence-electron chi connectivity index (χ1n) is 9.57. The number of carbonyl (C=O) groups is 2. The highest BCUT2D eigenvalue weighted by Gasteiger charge is 2.41. The van der Waals surface area contributed by atoms with Crippen LogP contribution >= 0.6 is 0 Å². The lowest BCUT2D eigenvalue weighted by Gasteiger charge is -2.25. The van der Waals surface area contributed by atoms with Crippen LogP contribution in [-0.2, 0) is 16.1 Å². The Labute approximate surface area is 165 Å². The minimum Gasteiger partial charge on any atom is -0.362 e. The minimum atomic E-state index is -0.377. The van der Waals surface area contributed by atoms with Crippen molar-refractivity contribution in [2.75, 3.05) is 13.1 Å². The zero-order valence-corrected chi connectivity index (χ0v) is 16.5. The number of hydrogen-bond acceptors (Lipinski definition) is 3. The summed E-state index contributed by atoms with van der Waals surface area (Å²) in [5.74, 6) is -0.813. The highest BCUT2D eigenvalue weighted by molar-refractivity contribution is 6.35. The van der Waals surface area contributed by atoms with Crippen molar-refractivity contribution in [1.29, 1.82) is 0 Å². The van der Waals surface area contributed by atoms with E-state index in [1.807, 2.05) is 56.0 Å². The fraction of sp³-hybridized carbons (Fsp3) is 0.304. The molecule has 2 amide bonds. The van der Waals surface area contributed by atoms with Crippen LogP contribution in [0.5, 0.6) is 0 Å². The van der Waals surface area contributed by atoms with Gasteiger partial charge in [0.15, 0.2) is 0 Å². The van der Waals surface area contributed by atoms with Crippen LogP contribution in [0.2, 0.25) is 0 Å². The van der Waals surface area contributed by atoms with E-state index in [1.54, 1.807) is 12.1 Å². The van der Waals surface area contributed by atoms with Crippen molar-refractivity contribution in [3.8, 4) is 0 Å². The predicted molar refractivity (Wildman–Crippen MR) is 107 cm³/mol.